The Balaban J connectivity index is 1.76. The van der Waals surface area contributed by atoms with E-state index < -0.39 is 6.04 Å². The van der Waals surface area contributed by atoms with E-state index in [2.05, 4.69) is 18.8 Å². The number of methoxy groups -OCH3 is 1. The number of Topliss-reactive ketones (excluding diaryl/α,β-unsaturated/α-hetero) is 1. The van der Waals surface area contributed by atoms with Gasteiger partial charge >= 0.3 is 0 Å². The van der Waals surface area contributed by atoms with Crippen molar-refractivity contribution in [3.8, 4) is 5.75 Å². The third-order valence-electron chi connectivity index (χ3n) is 5.91. The summed E-state index contributed by atoms with van der Waals surface area (Å²) in [5.74, 6) is 0.783. The first-order valence-corrected chi connectivity index (χ1v) is 11.3. The zero-order valence-corrected chi connectivity index (χ0v) is 19.0. The van der Waals surface area contributed by atoms with Crippen LogP contribution in [0, 0.1) is 5.41 Å². The Morgan fingerprint density at radius 1 is 1.16 bits per heavy atom. The Labute approximate surface area is 189 Å². The van der Waals surface area contributed by atoms with Gasteiger partial charge in [-0.15, -0.1) is 0 Å². The van der Waals surface area contributed by atoms with E-state index >= 15 is 0 Å². The SMILES string of the molecule is COc1ccc(C2C3=C(CC(C)(C)CC3=O)N=c3sc(=Cc4cccnc4)c(=O)n32)cc1. The number of carbonyl (C=O) groups is 1. The maximum absolute atomic E-state index is 13.5. The van der Waals surface area contributed by atoms with Crippen LogP contribution in [0.5, 0.6) is 5.75 Å². The quantitative estimate of drug-likeness (QED) is 0.621. The van der Waals surface area contributed by atoms with E-state index in [0.29, 0.717) is 27.7 Å². The van der Waals surface area contributed by atoms with Crippen LogP contribution in [-0.4, -0.2) is 22.4 Å². The maximum atomic E-state index is 13.5. The molecule has 0 spiro atoms. The lowest BCUT2D eigenvalue weighted by molar-refractivity contribution is -0.118. The molecule has 2 aromatic heterocycles. The van der Waals surface area contributed by atoms with Crippen LogP contribution in [0.15, 0.2) is 69.8 Å². The van der Waals surface area contributed by atoms with Crippen LogP contribution in [0.25, 0.3) is 6.08 Å². The second kappa shape index (κ2) is 7.67. The number of benzene rings is 1. The molecule has 2 aliphatic rings. The number of hydrogen-bond acceptors (Lipinski definition) is 6. The van der Waals surface area contributed by atoms with Crippen LogP contribution in [0.4, 0.5) is 0 Å². The molecule has 0 amide bonds. The largest absolute Gasteiger partial charge is 0.497 e. The Morgan fingerprint density at radius 3 is 2.62 bits per heavy atom. The van der Waals surface area contributed by atoms with E-state index in [1.165, 1.54) is 11.3 Å². The zero-order chi connectivity index (χ0) is 22.5. The normalized spacial score (nSPS) is 19.9. The number of pyridine rings is 1. The fourth-order valence-corrected chi connectivity index (χ4v) is 5.48. The number of ether oxygens (including phenoxy) is 1. The molecule has 1 aliphatic heterocycles. The second-order valence-corrected chi connectivity index (χ2v) is 9.95. The standard InChI is InChI=1S/C25H23N3O3S/c1-25(2)12-18-21(19(29)13-25)22(16-6-8-17(31-3)9-7-16)28-23(30)20(32-24(28)27-18)11-15-5-4-10-26-14-15/h4-11,14,22H,12-13H2,1-3H3. The molecule has 162 valence electrons. The summed E-state index contributed by atoms with van der Waals surface area (Å²) in [4.78, 5) is 36.4. The molecule has 7 heteroatoms. The molecule has 3 heterocycles. The number of fused-ring (bicyclic) bond motifs is 1. The van der Waals surface area contributed by atoms with E-state index in [-0.39, 0.29) is 16.8 Å². The van der Waals surface area contributed by atoms with Gasteiger partial charge in [-0.25, -0.2) is 4.99 Å². The molecule has 1 aliphatic carbocycles. The highest BCUT2D eigenvalue weighted by atomic mass is 32.1. The van der Waals surface area contributed by atoms with Gasteiger partial charge in [-0.1, -0.05) is 43.4 Å². The molecule has 3 aromatic rings. The van der Waals surface area contributed by atoms with Crippen molar-refractivity contribution in [1.82, 2.24) is 9.55 Å². The number of allylic oxidation sites excluding steroid dienone is 2. The predicted molar refractivity (Wildman–Crippen MR) is 123 cm³/mol. The number of thiazole rings is 1. The number of carbonyl (C=O) groups excluding carboxylic acids is 1. The molecule has 32 heavy (non-hydrogen) atoms. The lowest BCUT2D eigenvalue weighted by Crippen LogP contribution is -2.42. The summed E-state index contributed by atoms with van der Waals surface area (Å²) in [6.45, 7) is 4.18. The fourth-order valence-electron chi connectivity index (χ4n) is 4.46. The average Bonchev–Trinajstić information content (AvgIpc) is 3.07. The van der Waals surface area contributed by atoms with Gasteiger partial charge in [-0.05, 0) is 47.2 Å². The van der Waals surface area contributed by atoms with E-state index in [1.54, 1.807) is 24.1 Å². The van der Waals surface area contributed by atoms with Crippen molar-refractivity contribution in [2.45, 2.75) is 32.7 Å². The maximum Gasteiger partial charge on any atom is 0.271 e. The predicted octanol–water partition coefficient (Wildman–Crippen LogP) is 3.01. The molecule has 1 unspecified atom stereocenters. The molecule has 5 rings (SSSR count). The number of rotatable bonds is 3. The fraction of sp³-hybridized carbons (Fsp3) is 0.280. The highest BCUT2D eigenvalue weighted by Gasteiger charge is 2.40. The Hall–Kier alpha value is -3.32. The molecular formula is C25H23N3O3S. The average molecular weight is 446 g/mol. The lowest BCUT2D eigenvalue weighted by Gasteiger charge is -2.35. The molecule has 0 bridgehead atoms. The van der Waals surface area contributed by atoms with Crippen molar-refractivity contribution in [1.29, 1.82) is 0 Å². The van der Waals surface area contributed by atoms with Gasteiger partial charge in [0.1, 0.15) is 5.75 Å². The van der Waals surface area contributed by atoms with Gasteiger partial charge in [0.15, 0.2) is 10.6 Å². The number of aromatic nitrogens is 2. The summed E-state index contributed by atoms with van der Waals surface area (Å²) in [6, 6.07) is 10.8. The zero-order valence-electron chi connectivity index (χ0n) is 18.2. The number of nitrogens with zero attached hydrogens (tertiary/aromatic N) is 3. The van der Waals surface area contributed by atoms with E-state index in [0.717, 1.165) is 22.6 Å². The molecule has 0 saturated carbocycles. The van der Waals surface area contributed by atoms with Crippen LogP contribution >= 0.6 is 11.3 Å². The van der Waals surface area contributed by atoms with Crippen molar-refractivity contribution >= 4 is 23.2 Å². The Bertz CT molecular complexity index is 1410. The third-order valence-corrected chi connectivity index (χ3v) is 6.89. The van der Waals surface area contributed by atoms with Gasteiger partial charge in [0.05, 0.1) is 23.4 Å². The summed E-state index contributed by atoms with van der Waals surface area (Å²) in [5.41, 5.74) is 2.84. The van der Waals surface area contributed by atoms with Crippen molar-refractivity contribution < 1.29 is 9.53 Å². The molecule has 1 atom stereocenters. The van der Waals surface area contributed by atoms with Gasteiger partial charge in [0, 0.05) is 24.4 Å². The summed E-state index contributed by atoms with van der Waals surface area (Å²) < 4.78 is 7.54. The van der Waals surface area contributed by atoms with E-state index in [4.69, 9.17) is 9.73 Å². The minimum absolute atomic E-state index is 0.0577. The number of hydrogen-bond donors (Lipinski definition) is 0. The minimum Gasteiger partial charge on any atom is -0.497 e. The van der Waals surface area contributed by atoms with Gasteiger partial charge in [-0.3, -0.25) is 19.1 Å². The van der Waals surface area contributed by atoms with Gasteiger partial charge in [0.2, 0.25) is 0 Å². The first-order chi connectivity index (χ1) is 15.4. The molecule has 0 N–H and O–H groups in total. The van der Waals surface area contributed by atoms with Crippen LogP contribution in [0.3, 0.4) is 0 Å². The van der Waals surface area contributed by atoms with Crippen LogP contribution < -0.4 is 19.6 Å². The van der Waals surface area contributed by atoms with Crippen molar-refractivity contribution in [3.05, 3.63) is 90.9 Å². The summed E-state index contributed by atoms with van der Waals surface area (Å²) in [7, 11) is 1.61. The summed E-state index contributed by atoms with van der Waals surface area (Å²) in [5, 5.41) is 0. The van der Waals surface area contributed by atoms with Crippen LogP contribution in [0.1, 0.15) is 43.9 Å². The van der Waals surface area contributed by atoms with Crippen molar-refractivity contribution in [2.24, 2.45) is 10.4 Å². The van der Waals surface area contributed by atoms with Crippen LogP contribution in [-0.2, 0) is 4.79 Å². The molecular weight excluding hydrogens is 422 g/mol. The summed E-state index contributed by atoms with van der Waals surface area (Å²) >= 11 is 1.35. The third kappa shape index (κ3) is 3.52. The molecule has 0 saturated heterocycles. The van der Waals surface area contributed by atoms with Crippen LogP contribution in [0.2, 0.25) is 0 Å². The molecule has 0 fully saturated rings. The molecule has 1 aromatic carbocycles. The second-order valence-electron chi connectivity index (χ2n) is 8.94. The van der Waals surface area contributed by atoms with Gasteiger partial charge in [-0.2, -0.15) is 0 Å². The number of ketones is 1. The van der Waals surface area contributed by atoms with E-state index in [1.807, 2.05) is 42.5 Å². The Morgan fingerprint density at radius 2 is 1.94 bits per heavy atom. The van der Waals surface area contributed by atoms with Crippen molar-refractivity contribution in [3.63, 3.8) is 0 Å². The van der Waals surface area contributed by atoms with Gasteiger partial charge in [0.25, 0.3) is 5.56 Å². The highest BCUT2D eigenvalue weighted by Crippen LogP contribution is 2.43. The highest BCUT2D eigenvalue weighted by molar-refractivity contribution is 7.07. The molecule has 6 nitrogen and oxygen atoms in total. The topological polar surface area (TPSA) is 73.6 Å². The van der Waals surface area contributed by atoms with Crippen molar-refractivity contribution in [2.75, 3.05) is 7.11 Å². The minimum atomic E-state index is -0.494. The molecule has 0 radical (unpaired) electrons. The summed E-state index contributed by atoms with van der Waals surface area (Å²) in [6.07, 6.45) is 6.39. The smallest absolute Gasteiger partial charge is 0.271 e. The lowest BCUT2D eigenvalue weighted by atomic mass is 9.73. The Kier molecular flexibility index (Phi) is 4.93. The first kappa shape index (κ1) is 20.6. The van der Waals surface area contributed by atoms with E-state index in [9.17, 15) is 9.59 Å². The van der Waals surface area contributed by atoms with Gasteiger partial charge < -0.3 is 4.74 Å². The monoisotopic (exact) mass is 445 g/mol. The first-order valence-electron chi connectivity index (χ1n) is 10.5.